The van der Waals surface area contributed by atoms with Gasteiger partial charge in [0.05, 0.1) is 25.0 Å². The van der Waals surface area contributed by atoms with E-state index in [1.807, 2.05) is 0 Å². The van der Waals surface area contributed by atoms with Crippen LogP contribution in [0.2, 0.25) is 5.02 Å². The molecule has 3 heterocycles. The molecule has 6 nitrogen and oxygen atoms in total. The molecular formula is C17H18Cl2N3O3+. The number of likely N-dealkylation sites (tertiary alicyclic amines) is 1. The summed E-state index contributed by atoms with van der Waals surface area (Å²) < 4.78 is 10.8. The first-order valence-corrected chi connectivity index (χ1v) is 8.92. The van der Waals surface area contributed by atoms with E-state index >= 15 is 0 Å². The summed E-state index contributed by atoms with van der Waals surface area (Å²) in [5.41, 5.74) is 1.31. The van der Waals surface area contributed by atoms with Gasteiger partial charge in [-0.2, -0.15) is 0 Å². The number of hydrogen-bond acceptors (Lipinski definition) is 5. The normalized spacial score (nSPS) is 28.5. The second-order valence-electron chi connectivity index (χ2n) is 6.28. The van der Waals surface area contributed by atoms with E-state index in [-0.39, 0.29) is 5.91 Å². The first-order chi connectivity index (χ1) is 12.0. The Morgan fingerprint density at radius 1 is 1.12 bits per heavy atom. The molecule has 2 fully saturated rings. The van der Waals surface area contributed by atoms with Crippen molar-refractivity contribution in [1.29, 1.82) is 0 Å². The molecule has 0 radical (unpaired) electrons. The summed E-state index contributed by atoms with van der Waals surface area (Å²) in [5.74, 6) is -0.752. The van der Waals surface area contributed by atoms with Crippen LogP contribution in [0, 0.1) is 0 Å². The van der Waals surface area contributed by atoms with E-state index in [0.717, 1.165) is 31.6 Å². The first-order valence-electron chi connectivity index (χ1n) is 8.20. The zero-order valence-corrected chi connectivity index (χ0v) is 15.0. The number of carbonyl (C=O) groups is 1. The Balaban J connectivity index is 1.48. The average molecular weight is 383 g/mol. The van der Waals surface area contributed by atoms with Crippen LogP contribution in [-0.4, -0.2) is 49.1 Å². The molecule has 0 bridgehead atoms. The zero-order valence-electron chi connectivity index (χ0n) is 13.5. The van der Waals surface area contributed by atoms with Gasteiger partial charge in [-0.05, 0) is 16.2 Å². The van der Waals surface area contributed by atoms with Gasteiger partial charge in [-0.1, -0.05) is 16.7 Å². The SMILES string of the molecule is O=C1C=C(N2CCC3(CC2)OCCO3)C=N[N+]1(Cl)c1ccc(Cl)cc1. The third kappa shape index (κ3) is 3.09. The van der Waals surface area contributed by atoms with Gasteiger partial charge in [-0.3, -0.25) is 0 Å². The highest BCUT2D eigenvalue weighted by Crippen LogP contribution is 2.35. The Hall–Kier alpha value is -1.44. The van der Waals surface area contributed by atoms with Crippen LogP contribution >= 0.6 is 23.4 Å². The van der Waals surface area contributed by atoms with Crippen LogP contribution in [0.25, 0.3) is 0 Å². The van der Waals surface area contributed by atoms with Gasteiger partial charge < -0.3 is 14.4 Å². The summed E-state index contributed by atoms with van der Waals surface area (Å²) in [6.07, 6.45) is 4.73. The van der Waals surface area contributed by atoms with Crippen LogP contribution in [0.4, 0.5) is 5.69 Å². The monoisotopic (exact) mass is 382 g/mol. The van der Waals surface area contributed by atoms with E-state index in [0.29, 0.717) is 23.9 Å². The minimum Gasteiger partial charge on any atom is -0.369 e. The molecule has 3 aliphatic heterocycles. The van der Waals surface area contributed by atoms with E-state index in [9.17, 15) is 4.79 Å². The maximum absolute atomic E-state index is 12.6. The quantitative estimate of drug-likeness (QED) is 0.737. The van der Waals surface area contributed by atoms with Crippen molar-refractivity contribution in [1.82, 2.24) is 9.01 Å². The van der Waals surface area contributed by atoms with Crippen molar-refractivity contribution in [2.45, 2.75) is 18.6 Å². The molecular weight excluding hydrogens is 365 g/mol. The van der Waals surface area contributed by atoms with Crippen molar-refractivity contribution < 1.29 is 14.3 Å². The molecule has 0 N–H and O–H groups in total. The van der Waals surface area contributed by atoms with E-state index in [1.165, 1.54) is 0 Å². The summed E-state index contributed by atoms with van der Waals surface area (Å²) in [6, 6.07) is 6.77. The predicted octanol–water partition coefficient (Wildman–Crippen LogP) is 3.05. The maximum Gasteiger partial charge on any atom is 0.390 e. The summed E-state index contributed by atoms with van der Waals surface area (Å²) >= 11 is 12.3. The van der Waals surface area contributed by atoms with E-state index < -0.39 is 9.90 Å². The molecule has 0 aromatic heterocycles. The van der Waals surface area contributed by atoms with Gasteiger partial charge in [0.1, 0.15) is 6.21 Å². The molecule has 132 valence electrons. The smallest absolute Gasteiger partial charge is 0.369 e. The molecule has 1 aromatic carbocycles. The third-order valence-corrected chi connectivity index (χ3v) is 5.49. The fourth-order valence-corrected chi connectivity index (χ4v) is 3.67. The Labute approximate surface area is 155 Å². The zero-order chi connectivity index (χ0) is 17.5. The van der Waals surface area contributed by atoms with Crippen LogP contribution in [0.5, 0.6) is 0 Å². The Bertz CT molecular complexity index is 734. The van der Waals surface area contributed by atoms with Crippen molar-refractivity contribution in [2.75, 3.05) is 26.3 Å². The molecule has 0 saturated carbocycles. The van der Waals surface area contributed by atoms with Crippen molar-refractivity contribution in [3.05, 3.63) is 41.1 Å². The number of nitrogens with zero attached hydrogens (tertiary/aromatic N) is 3. The topological polar surface area (TPSA) is 51.1 Å². The van der Waals surface area contributed by atoms with Crippen LogP contribution in [-0.2, 0) is 14.3 Å². The lowest BCUT2D eigenvalue weighted by Crippen LogP contribution is -2.47. The number of benzene rings is 1. The Morgan fingerprint density at radius 3 is 2.36 bits per heavy atom. The second kappa shape index (κ2) is 6.37. The summed E-state index contributed by atoms with van der Waals surface area (Å²) in [4.78, 5) is 14.8. The van der Waals surface area contributed by atoms with Crippen LogP contribution in [0.3, 0.4) is 0 Å². The number of hydrogen-bond donors (Lipinski definition) is 0. The number of allylic oxidation sites excluding steroid dienone is 1. The number of quaternary nitrogens is 1. The number of piperidine rings is 1. The fraction of sp³-hybridized carbons (Fsp3) is 0.412. The number of halogens is 2. The minimum atomic E-state index is -0.662. The van der Waals surface area contributed by atoms with Gasteiger partial charge >= 0.3 is 5.91 Å². The lowest BCUT2D eigenvalue weighted by molar-refractivity contribution is -0.182. The number of carbonyl (C=O) groups excluding carboxylic acids is 1. The molecule has 3 aliphatic rings. The molecule has 1 unspecified atom stereocenters. The highest BCUT2D eigenvalue weighted by Gasteiger charge is 2.44. The number of amides is 1. The molecule has 1 spiro atoms. The molecule has 1 amide bonds. The van der Waals surface area contributed by atoms with Gasteiger partial charge in [0.25, 0.3) is 0 Å². The van der Waals surface area contributed by atoms with Crippen molar-refractivity contribution in [3.63, 3.8) is 0 Å². The summed E-state index contributed by atoms with van der Waals surface area (Å²) in [5, 5.41) is 4.88. The maximum atomic E-state index is 12.6. The Morgan fingerprint density at radius 2 is 1.76 bits per heavy atom. The van der Waals surface area contributed by atoms with E-state index in [1.54, 1.807) is 36.6 Å². The third-order valence-electron chi connectivity index (χ3n) is 4.79. The fourth-order valence-electron chi connectivity index (χ4n) is 3.34. The van der Waals surface area contributed by atoms with Gasteiger partial charge in [-0.15, -0.1) is 0 Å². The number of rotatable bonds is 2. The molecule has 1 aromatic rings. The van der Waals surface area contributed by atoms with Crippen molar-refractivity contribution >= 4 is 41.2 Å². The van der Waals surface area contributed by atoms with Crippen LogP contribution in [0.15, 0.2) is 41.1 Å². The van der Waals surface area contributed by atoms with Gasteiger partial charge in [0, 0.05) is 43.1 Å². The average Bonchev–Trinajstić information content (AvgIpc) is 3.07. The lowest BCUT2D eigenvalue weighted by Gasteiger charge is -2.39. The number of ether oxygens (including phenoxy) is 2. The molecule has 0 aliphatic carbocycles. The first kappa shape index (κ1) is 17.0. The molecule has 1 atom stereocenters. The highest BCUT2D eigenvalue weighted by atomic mass is 35.5. The summed E-state index contributed by atoms with van der Waals surface area (Å²) in [6.45, 7) is 2.79. The predicted molar refractivity (Wildman–Crippen MR) is 96.1 cm³/mol. The molecule has 25 heavy (non-hydrogen) atoms. The van der Waals surface area contributed by atoms with Crippen molar-refractivity contribution in [2.24, 2.45) is 5.10 Å². The minimum absolute atomic E-state index is 0.310. The second-order valence-corrected chi connectivity index (χ2v) is 7.21. The van der Waals surface area contributed by atoms with E-state index in [2.05, 4.69) is 10.0 Å². The Kier molecular flexibility index (Phi) is 4.33. The lowest BCUT2D eigenvalue weighted by atomic mass is 10.0. The standard InChI is InChI=1S/C17H18Cl2N3O3/c18-13-1-3-15(4-2-13)22(19)16(23)11-14(12-20-22)21-7-5-17(6-8-21)24-9-10-25-17/h1-4,11-12H,5-10H2/q+1. The van der Waals surface area contributed by atoms with Crippen LogP contribution in [0.1, 0.15) is 12.8 Å². The highest BCUT2D eigenvalue weighted by molar-refractivity contribution is 6.34. The van der Waals surface area contributed by atoms with E-state index in [4.69, 9.17) is 32.9 Å². The van der Waals surface area contributed by atoms with Gasteiger partial charge in [0.15, 0.2) is 11.5 Å². The van der Waals surface area contributed by atoms with Gasteiger partial charge in [-0.25, -0.2) is 4.79 Å². The molecule has 8 heteroatoms. The molecule has 2 saturated heterocycles. The van der Waals surface area contributed by atoms with Gasteiger partial charge in [0.2, 0.25) is 11.8 Å². The van der Waals surface area contributed by atoms with Crippen molar-refractivity contribution in [3.8, 4) is 0 Å². The summed E-state index contributed by atoms with van der Waals surface area (Å²) in [7, 11) is 0. The molecule has 4 rings (SSSR count). The largest absolute Gasteiger partial charge is 0.390 e. The van der Waals surface area contributed by atoms with Crippen LogP contribution < -0.4 is 4.11 Å².